The first-order valence-corrected chi connectivity index (χ1v) is 7.30. The average Bonchev–Trinajstić information content (AvgIpc) is 2.53. The van der Waals surface area contributed by atoms with Crippen molar-refractivity contribution in [2.45, 2.75) is 25.3 Å². The molecule has 0 radical (unpaired) electrons. The molecule has 3 nitrogen and oxygen atoms in total. The Morgan fingerprint density at radius 1 is 1.04 bits per heavy atom. The van der Waals surface area contributed by atoms with Gasteiger partial charge in [0.1, 0.15) is 0 Å². The number of nitrogens with one attached hydrogen (secondary N) is 1. The van der Waals surface area contributed by atoms with Crippen LogP contribution in [0.4, 0.5) is 32.0 Å². The molecule has 0 bridgehead atoms. The highest BCUT2D eigenvalue weighted by Crippen LogP contribution is 2.34. The van der Waals surface area contributed by atoms with E-state index in [1.54, 1.807) is 12.2 Å². The molecule has 1 atom stereocenters. The van der Waals surface area contributed by atoms with Gasteiger partial charge in [0.15, 0.2) is 6.04 Å². The highest BCUT2D eigenvalue weighted by molar-refractivity contribution is 5.94. The second-order valence-corrected chi connectivity index (χ2v) is 5.64. The Morgan fingerprint density at radius 2 is 1.69 bits per heavy atom. The van der Waals surface area contributed by atoms with Gasteiger partial charge in [0.25, 0.3) is 5.91 Å². The van der Waals surface area contributed by atoms with Crippen LogP contribution in [0.1, 0.15) is 33.1 Å². The predicted molar refractivity (Wildman–Crippen MR) is 83.3 cm³/mol. The van der Waals surface area contributed by atoms with Gasteiger partial charge in [0.05, 0.1) is 5.56 Å². The molecule has 9 heteroatoms. The Morgan fingerprint density at radius 3 is 2.23 bits per heavy atom. The summed E-state index contributed by atoms with van der Waals surface area (Å²) in [6, 6.07) is 4.33. The summed E-state index contributed by atoms with van der Waals surface area (Å²) in [5, 5.41) is 1.73. The van der Waals surface area contributed by atoms with Crippen LogP contribution >= 0.6 is 0 Å². The Labute approximate surface area is 144 Å². The first-order valence-electron chi connectivity index (χ1n) is 7.30. The van der Waals surface area contributed by atoms with E-state index in [0.717, 1.165) is 30.3 Å². The lowest BCUT2D eigenvalue weighted by Crippen LogP contribution is -2.38. The van der Waals surface area contributed by atoms with Crippen molar-refractivity contribution in [1.29, 1.82) is 0 Å². The van der Waals surface area contributed by atoms with E-state index >= 15 is 0 Å². The van der Waals surface area contributed by atoms with Gasteiger partial charge in [-0.05, 0) is 42.3 Å². The first-order chi connectivity index (χ1) is 11.9. The molecule has 0 spiro atoms. The molecule has 26 heavy (non-hydrogen) atoms. The molecule has 0 heterocycles. The quantitative estimate of drug-likeness (QED) is 0.606. The number of benzene rings is 2. The monoisotopic (exact) mass is 376 g/mol. The molecule has 2 rings (SSSR count). The summed E-state index contributed by atoms with van der Waals surface area (Å²) >= 11 is 0. The molecular formula is C17H14F6N2O. The molecular weight excluding hydrogens is 362 g/mol. The van der Waals surface area contributed by atoms with Crippen molar-refractivity contribution in [2.24, 2.45) is 0 Å². The lowest BCUT2D eigenvalue weighted by molar-refractivity contribution is -0.155. The second-order valence-electron chi connectivity index (χ2n) is 5.64. The summed E-state index contributed by atoms with van der Waals surface area (Å²) in [7, 11) is 0. The smallest absolute Gasteiger partial charge is 0.399 e. The third-order valence-corrected chi connectivity index (χ3v) is 3.69. The number of rotatable bonds is 3. The molecule has 0 saturated heterocycles. The summed E-state index contributed by atoms with van der Waals surface area (Å²) in [6.07, 6.45) is -9.58. The maximum atomic E-state index is 13.3. The van der Waals surface area contributed by atoms with Crippen molar-refractivity contribution < 1.29 is 31.1 Å². The standard InChI is InChI=1S/C17H14F6N2O/c1-9-5-6-10(8-13(9)24)14(17(21,22)23)25-15(26)11-3-2-4-12(7-11)16(18,19)20/h2-8,14H,24H2,1H3,(H,25,26). The van der Waals surface area contributed by atoms with Gasteiger partial charge in [-0.1, -0.05) is 18.2 Å². The molecule has 3 N–H and O–H groups in total. The number of carbonyl (C=O) groups is 1. The third-order valence-electron chi connectivity index (χ3n) is 3.69. The SMILES string of the molecule is Cc1ccc(C(NC(=O)c2cccc(C(F)(F)F)c2)C(F)(F)F)cc1N. The summed E-state index contributed by atoms with van der Waals surface area (Å²) in [5.74, 6) is -1.28. The number of anilines is 1. The van der Waals surface area contributed by atoms with E-state index in [-0.39, 0.29) is 11.3 Å². The minimum absolute atomic E-state index is 0.102. The predicted octanol–water partition coefficient (Wildman–Crippen LogP) is 4.63. The van der Waals surface area contributed by atoms with Crippen LogP contribution in [0, 0.1) is 6.92 Å². The van der Waals surface area contributed by atoms with Crippen LogP contribution in [0.5, 0.6) is 0 Å². The van der Waals surface area contributed by atoms with Gasteiger partial charge in [-0.3, -0.25) is 4.79 Å². The van der Waals surface area contributed by atoms with Gasteiger partial charge in [-0.2, -0.15) is 26.3 Å². The summed E-state index contributed by atoms with van der Waals surface area (Å²) < 4.78 is 78.2. The normalized spacial score (nSPS) is 13.3. The zero-order valence-electron chi connectivity index (χ0n) is 13.4. The number of aryl methyl sites for hydroxylation is 1. The largest absolute Gasteiger partial charge is 0.416 e. The van der Waals surface area contributed by atoms with Crippen LogP contribution in [0.2, 0.25) is 0 Å². The van der Waals surface area contributed by atoms with Crippen LogP contribution in [-0.2, 0) is 6.18 Å². The van der Waals surface area contributed by atoms with Crippen LogP contribution in [0.15, 0.2) is 42.5 Å². The van der Waals surface area contributed by atoms with E-state index in [9.17, 15) is 31.1 Å². The fraction of sp³-hybridized carbons (Fsp3) is 0.235. The molecule has 0 aliphatic carbocycles. The highest BCUT2D eigenvalue weighted by atomic mass is 19.4. The van der Waals surface area contributed by atoms with Crippen molar-refractivity contribution in [1.82, 2.24) is 5.32 Å². The van der Waals surface area contributed by atoms with Crippen molar-refractivity contribution >= 4 is 11.6 Å². The zero-order valence-corrected chi connectivity index (χ0v) is 13.4. The molecule has 0 aromatic heterocycles. The fourth-order valence-corrected chi connectivity index (χ4v) is 2.24. The van der Waals surface area contributed by atoms with Crippen LogP contribution in [0.25, 0.3) is 0 Å². The Bertz CT molecular complexity index is 814. The van der Waals surface area contributed by atoms with E-state index in [4.69, 9.17) is 5.73 Å². The van der Waals surface area contributed by atoms with E-state index in [1.807, 2.05) is 0 Å². The van der Waals surface area contributed by atoms with Gasteiger partial charge >= 0.3 is 12.4 Å². The minimum Gasteiger partial charge on any atom is -0.399 e. The summed E-state index contributed by atoms with van der Waals surface area (Å²) in [5.41, 5.74) is 4.28. The van der Waals surface area contributed by atoms with Crippen LogP contribution < -0.4 is 11.1 Å². The topological polar surface area (TPSA) is 55.1 Å². The minimum atomic E-state index is -4.86. The highest BCUT2D eigenvalue weighted by Gasteiger charge is 2.42. The number of hydrogen-bond acceptors (Lipinski definition) is 2. The number of alkyl halides is 6. The zero-order chi connectivity index (χ0) is 19.7. The molecule has 1 unspecified atom stereocenters. The third kappa shape index (κ3) is 4.47. The lowest BCUT2D eigenvalue weighted by Gasteiger charge is -2.23. The number of nitrogen functional groups attached to an aromatic ring is 1. The van der Waals surface area contributed by atoms with Crippen LogP contribution in [0.3, 0.4) is 0 Å². The fourth-order valence-electron chi connectivity index (χ4n) is 2.24. The average molecular weight is 376 g/mol. The molecule has 2 aromatic rings. The molecule has 0 fully saturated rings. The number of halogens is 6. The van der Waals surface area contributed by atoms with Crippen molar-refractivity contribution in [3.8, 4) is 0 Å². The molecule has 0 aliphatic rings. The van der Waals surface area contributed by atoms with Crippen molar-refractivity contribution in [3.63, 3.8) is 0 Å². The van der Waals surface area contributed by atoms with Gasteiger partial charge < -0.3 is 11.1 Å². The van der Waals surface area contributed by atoms with Crippen LogP contribution in [-0.4, -0.2) is 12.1 Å². The summed E-state index contributed by atoms with van der Waals surface area (Å²) in [6.45, 7) is 1.60. The molecule has 2 aromatic carbocycles. The number of hydrogen-bond donors (Lipinski definition) is 2. The maximum Gasteiger partial charge on any atom is 0.416 e. The number of amides is 1. The second kappa shape index (κ2) is 6.89. The van der Waals surface area contributed by atoms with Crippen molar-refractivity contribution in [3.05, 3.63) is 64.7 Å². The molecule has 0 saturated carbocycles. The lowest BCUT2D eigenvalue weighted by atomic mass is 10.0. The van der Waals surface area contributed by atoms with Gasteiger partial charge in [-0.15, -0.1) is 0 Å². The summed E-state index contributed by atoms with van der Waals surface area (Å²) in [4.78, 5) is 12.1. The molecule has 0 aliphatic heterocycles. The Hall–Kier alpha value is -2.71. The maximum absolute atomic E-state index is 13.3. The molecule has 140 valence electrons. The Balaban J connectivity index is 2.35. The molecule has 1 amide bonds. The number of carbonyl (C=O) groups excluding carboxylic acids is 1. The van der Waals surface area contributed by atoms with E-state index in [0.29, 0.717) is 11.6 Å². The Kier molecular flexibility index (Phi) is 5.20. The van der Waals surface area contributed by atoms with Crippen molar-refractivity contribution in [2.75, 3.05) is 5.73 Å². The van der Waals surface area contributed by atoms with E-state index < -0.39 is 35.4 Å². The van der Waals surface area contributed by atoms with Gasteiger partial charge in [-0.25, -0.2) is 0 Å². The first kappa shape index (κ1) is 19.6. The van der Waals surface area contributed by atoms with E-state index in [1.165, 1.54) is 6.07 Å². The number of nitrogens with two attached hydrogens (primary N) is 1. The van der Waals surface area contributed by atoms with E-state index in [2.05, 4.69) is 0 Å². The van der Waals surface area contributed by atoms with Gasteiger partial charge in [0.2, 0.25) is 0 Å². The van der Waals surface area contributed by atoms with Gasteiger partial charge in [0, 0.05) is 11.3 Å².